The first kappa shape index (κ1) is 23.9. The number of hydrogen-bond donors (Lipinski definition) is 0. The summed E-state index contributed by atoms with van der Waals surface area (Å²) in [6, 6.07) is 13.2. The van der Waals surface area contributed by atoms with E-state index >= 15 is 0 Å². The summed E-state index contributed by atoms with van der Waals surface area (Å²) in [4.78, 5) is 30.4. The van der Waals surface area contributed by atoms with E-state index in [0.717, 1.165) is 20.9 Å². The van der Waals surface area contributed by atoms with Gasteiger partial charge in [0.05, 0.1) is 23.2 Å². The van der Waals surface area contributed by atoms with Gasteiger partial charge in [0.2, 0.25) is 0 Å². The Hall–Kier alpha value is -3.26. The number of para-hydroxylation sites is 1. The van der Waals surface area contributed by atoms with Crippen molar-refractivity contribution >= 4 is 49.9 Å². The Kier molecular flexibility index (Phi) is 6.45. The van der Waals surface area contributed by atoms with E-state index in [4.69, 9.17) is 9.72 Å². The Labute approximate surface area is 206 Å². The summed E-state index contributed by atoms with van der Waals surface area (Å²) in [6.07, 6.45) is 3.32. The number of rotatable bonds is 5. The number of benzene rings is 2. The molecule has 4 aromatic rings. The maximum absolute atomic E-state index is 13.4. The molecule has 0 aliphatic carbocycles. The number of carbonyl (C=O) groups excluding carboxylic acids is 1. The lowest BCUT2D eigenvalue weighted by atomic mass is 9.95. The van der Waals surface area contributed by atoms with E-state index in [1.807, 2.05) is 81.8 Å². The molecule has 0 amide bonds. The van der Waals surface area contributed by atoms with E-state index in [9.17, 15) is 9.59 Å². The van der Waals surface area contributed by atoms with Crippen molar-refractivity contribution in [1.29, 1.82) is 0 Å². The summed E-state index contributed by atoms with van der Waals surface area (Å²) < 4.78 is 9.32. The van der Waals surface area contributed by atoms with Crippen LogP contribution in [-0.4, -0.2) is 32.5 Å². The molecule has 0 saturated heterocycles. The largest absolute Gasteiger partial charge is 0.462 e. The average Bonchev–Trinajstić information content (AvgIpc) is 3.09. The normalized spacial score (nSPS) is 12.3. The first-order valence-electron chi connectivity index (χ1n) is 11.1. The lowest BCUT2D eigenvalue weighted by Crippen LogP contribution is -2.29. The maximum atomic E-state index is 13.4. The van der Waals surface area contributed by atoms with Gasteiger partial charge in [-0.15, -0.1) is 0 Å². The first-order chi connectivity index (χ1) is 16.0. The average molecular weight is 523 g/mol. The summed E-state index contributed by atoms with van der Waals surface area (Å²) in [5.41, 5.74) is 1.65. The van der Waals surface area contributed by atoms with Gasteiger partial charge in [0.15, 0.2) is 0 Å². The van der Waals surface area contributed by atoms with Gasteiger partial charge in [0, 0.05) is 32.6 Å². The zero-order valence-corrected chi connectivity index (χ0v) is 21.5. The Balaban J connectivity index is 1.83. The van der Waals surface area contributed by atoms with Gasteiger partial charge in [-0.1, -0.05) is 54.9 Å². The molecule has 0 saturated carbocycles. The minimum Gasteiger partial charge on any atom is -0.462 e. The highest BCUT2D eigenvalue weighted by Gasteiger charge is 2.23. The predicted molar refractivity (Wildman–Crippen MR) is 139 cm³/mol. The van der Waals surface area contributed by atoms with Crippen molar-refractivity contribution in [2.45, 2.75) is 52.7 Å². The van der Waals surface area contributed by atoms with Crippen molar-refractivity contribution < 1.29 is 9.53 Å². The second-order valence-corrected chi connectivity index (χ2v) is 10.4. The number of fused-ring (bicyclic) bond motifs is 2. The quantitative estimate of drug-likeness (QED) is 0.265. The molecule has 7 nitrogen and oxygen atoms in total. The number of halogens is 1. The van der Waals surface area contributed by atoms with Crippen molar-refractivity contribution in [2.24, 2.45) is 5.10 Å². The van der Waals surface area contributed by atoms with Crippen LogP contribution in [0, 0.1) is 0 Å². The Morgan fingerprint density at radius 1 is 1.18 bits per heavy atom. The molecule has 2 aromatic heterocycles. The van der Waals surface area contributed by atoms with Crippen molar-refractivity contribution in [3.8, 4) is 0 Å². The highest BCUT2D eigenvalue weighted by Crippen LogP contribution is 2.24. The second kappa shape index (κ2) is 9.18. The molecule has 0 aliphatic rings. The van der Waals surface area contributed by atoms with Crippen LogP contribution >= 0.6 is 15.9 Å². The minimum atomic E-state index is -0.410. The van der Waals surface area contributed by atoms with Crippen LogP contribution in [0.4, 0.5) is 0 Å². The number of carbonyl (C=O) groups is 1. The molecule has 0 spiro atoms. The monoisotopic (exact) mass is 522 g/mol. The van der Waals surface area contributed by atoms with Crippen LogP contribution in [0.3, 0.4) is 0 Å². The molecule has 0 atom stereocenters. The van der Waals surface area contributed by atoms with Crippen LogP contribution in [0.15, 0.2) is 63.0 Å². The van der Waals surface area contributed by atoms with Crippen molar-refractivity contribution in [2.75, 3.05) is 0 Å². The van der Waals surface area contributed by atoms with Crippen LogP contribution in [-0.2, 0) is 21.5 Å². The van der Waals surface area contributed by atoms with Crippen LogP contribution in [0.2, 0.25) is 0 Å². The van der Waals surface area contributed by atoms with Gasteiger partial charge in [-0.25, -0.2) is 4.98 Å². The molecule has 4 rings (SSSR count). The van der Waals surface area contributed by atoms with E-state index in [1.165, 1.54) is 4.68 Å². The molecule has 0 fully saturated rings. The lowest BCUT2D eigenvalue weighted by Gasteiger charge is -2.20. The summed E-state index contributed by atoms with van der Waals surface area (Å²) in [7, 11) is 0. The fourth-order valence-corrected chi connectivity index (χ4v) is 4.17. The molecule has 176 valence electrons. The smallest absolute Gasteiger partial charge is 0.326 e. The summed E-state index contributed by atoms with van der Waals surface area (Å²) >= 11 is 3.43. The van der Waals surface area contributed by atoms with E-state index in [-0.39, 0.29) is 24.2 Å². The fraction of sp³-hybridized carbons (Fsp3) is 0.308. The van der Waals surface area contributed by atoms with E-state index in [0.29, 0.717) is 16.7 Å². The van der Waals surface area contributed by atoms with Gasteiger partial charge >= 0.3 is 5.97 Å². The van der Waals surface area contributed by atoms with Crippen molar-refractivity contribution in [3.63, 3.8) is 0 Å². The molecule has 8 heteroatoms. The van der Waals surface area contributed by atoms with Gasteiger partial charge in [0.1, 0.15) is 12.4 Å². The molecule has 0 bridgehead atoms. The number of esters is 1. The van der Waals surface area contributed by atoms with Crippen molar-refractivity contribution in [1.82, 2.24) is 14.2 Å². The topological polar surface area (TPSA) is 78.5 Å². The SMILES string of the molecule is CC(C)OC(=O)Cn1cc(C=Nn2c(C(C)(C)C)nc3ccc(Br)cc3c2=O)c2ccccc21. The fourth-order valence-electron chi connectivity index (χ4n) is 3.81. The van der Waals surface area contributed by atoms with Gasteiger partial charge in [0.25, 0.3) is 5.56 Å². The predicted octanol–water partition coefficient (Wildman–Crippen LogP) is 5.25. The molecule has 0 unspecified atom stereocenters. The van der Waals surface area contributed by atoms with Crippen LogP contribution in [0.1, 0.15) is 46.0 Å². The first-order valence-corrected chi connectivity index (χ1v) is 11.9. The van der Waals surface area contributed by atoms with Crippen LogP contribution in [0.25, 0.3) is 21.8 Å². The van der Waals surface area contributed by atoms with Crippen LogP contribution in [0.5, 0.6) is 0 Å². The summed E-state index contributed by atoms with van der Waals surface area (Å²) in [5.74, 6) is 0.252. The molecular weight excluding hydrogens is 496 g/mol. The van der Waals surface area contributed by atoms with Gasteiger partial charge in [-0.2, -0.15) is 9.78 Å². The van der Waals surface area contributed by atoms with Gasteiger partial charge in [-0.05, 0) is 38.1 Å². The molecule has 2 aromatic carbocycles. The molecule has 34 heavy (non-hydrogen) atoms. The zero-order valence-electron chi connectivity index (χ0n) is 19.9. The third-order valence-corrected chi connectivity index (χ3v) is 5.77. The Morgan fingerprint density at radius 3 is 2.62 bits per heavy atom. The number of hydrogen-bond acceptors (Lipinski definition) is 5. The van der Waals surface area contributed by atoms with E-state index in [1.54, 1.807) is 12.3 Å². The lowest BCUT2D eigenvalue weighted by molar-refractivity contribution is -0.148. The van der Waals surface area contributed by atoms with E-state index in [2.05, 4.69) is 21.0 Å². The number of aromatic nitrogens is 3. The molecular formula is C26H27BrN4O3. The molecule has 2 heterocycles. The van der Waals surface area contributed by atoms with E-state index < -0.39 is 5.41 Å². The summed E-state index contributed by atoms with van der Waals surface area (Å²) in [6.45, 7) is 9.73. The third-order valence-electron chi connectivity index (χ3n) is 5.28. The zero-order chi connectivity index (χ0) is 24.6. The van der Waals surface area contributed by atoms with Crippen LogP contribution < -0.4 is 5.56 Å². The third kappa shape index (κ3) is 4.82. The van der Waals surface area contributed by atoms with Crippen molar-refractivity contribution in [3.05, 3.63) is 74.9 Å². The number of nitrogens with zero attached hydrogens (tertiary/aromatic N) is 4. The van der Waals surface area contributed by atoms with Gasteiger partial charge in [-0.3, -0.25) is 9.59 Å². The summed E-state index contributed by atoms with van der Waals surface area (Å²) in [5, 5.41) is 5.99. The number of ether oxygens (including phenoxy) is 1. The molecule has 0 aliphatic heterocycles. The Morgan fingerprint density at radius 2 is 1.91 bits per heavy atom. The highest BCUT2D eigenvalue weighted by molar-refractivity contribution is 9.10. The molecule has 0 N–H and O–H groups in total. The standard InChI is InChI=1S/C26H27BrN4O3/c1-16(2)34-23(32)15-30-14-17(19-8-6-7-9-22(19)30)13-28-31-24(33)20-12-18(27)10-11-21(20)29-25(31)26(3,4)5/h6-14,16H,15H2,1-5H3. The second-order valence-electron chi connectivity index (χ2n) is 9.48. The minimum absolute atomic E-state index is 0.0886. The molecule has 0 radical (unpaired) electrons. The maximum Gasteiger partial charge on any atom is 0.326 e. The highest BCUT2D eigenvalue weighted by atomic mass is 79.9. The Bertz CT molecular complexity index is 1480. The van der Waals surface area contributed by atoms with Gasteiger partial charge < -0.3 is 9.30 Å².